The fourth-order valence-corrected chi connectivity index (χ4v) is 3.22. The Balaban J connectivity index is 1.74. The molecule has 0 saturated heterocycles. The molecule has 0 bridgehead atoms. The number of nitrogens with one attached hydrogen (secondary N) is 1. The first-order valence-electron chi connectivity index (χ1n) is 8.68. The van der Waals surface area contributed by atoms with Crippen molar-refractivity contribution in [2.24, 2.45) is 0 Å². The summed E-state index contributed by atoms with van der Waals surface area (Å²) in [6.07, 6.45) is -3.42. The van der Waals surface area contributed by atoms with Gasteiger partial charge >= 0.3 is 6.18 Å². The molecule has 27 heavy (non-hydrogen) atoms. The van der Waals surface area contributed by atoms with E-state index in [0.717, 1.165) is 23.7 Å². The van der Waals surface area contributed by atoms with Crippen LogP contribution >= 0.6 is 0 Å². The van der Waals surface area contributed by atoms with Gasteiger partial charge in [0.05, 0.1) is 12.0 Å². The summed E-state index contributed by atoms with van der Waals surface area (Å²) in [5.74, 6) is -0.486. The van der Waals surface area contributed by atoms with E-state index in [1.54, 1.807) is 23.1 Å². The Morgan fingerprint density at radius 3 is 2.63 bits per heavy atom. The molecule has 1 N–H and O–H groups in total. The van der Waals surface area contributed by atoms with Gasteiger partial charge in [-0.3, -0.25) is 9.59 Å². The van der Waals surface area contributed by atoms with Crippen molar-refractivity contribution in [2.75, 3.05) is 11.4 Å². The van der Waals surface area contributed by atoms with Crippen LogP contribution in [-0.4, -0.2) is 18.4 Å². The summed E-state index contributed by atoms with van der Waals surface area (Å²) in [4.78, 5) is 26.1. The number of carbonyl (C=O) groups excluding carboxylic acids is 2. The minimum Gasteiger partial charge on any atom is -0.348 e. The van der Waals surface area contributed by atoms with Crippen LogP contribution in [0.1, 0.15) is 40.4 Å². The third-order valence-corrected chi connectivity index (χ3v) is 4.48. The van der Waals surface area contributed by atoms with Gasteiger partial charge in [0.25, 0.3) is 5.91 Å². The van der Waals surface area contributed by atoms with Gasteiger partial charge in [-0.05, 0) is 41.8 Å². The molecule has 0 atom stereocenters. The van der Waals surface area contributed by atoms with Gasteiger partial charge in [0, 0.05) is 24.3 Å². The summed E-state index contributed by atoms with van der Waals surface area (Å²) in [6, 6.07) is 10.1. The highest BCUT2D eigenvalue weighted by Gasteiger charge is 2.33. The molecule has 0 spiro atoms. The quantitative estimate of drug-likeness (QED) is 0.860. The summed E-state index contributed by atoms with van der Waals surface area (Å²) >= 11 is 0. The predicted molar refractivity (Wildman–Crippen MR) is 95.4 cm³/mol. The fraction of sp³-hybridized carbons (Fsp3) is 0.300. The minimum atomic E-state index is -4.47. The smallest absolute Gasteiger partial charge is 0.348 e. The van der Waals surface area contributed by atoms with Crippen LogP contribution in [0.3, 0.4) is 0 Å². The second kappa shape index (κ2) is 7.42. The highest BCUT2D eigenvalue weighted by Crippen LogP contribution is 2.32. The second-order valence-electron chi connectivity index (χ2n) is 6.40. The first kappa shape index (κ1) is 18.9. The number of carbonyl (C=O) groups is 2. The van der Waals surface area contributed by atoms with Crippen molar-refractivity contribution >= 4 is 17.5 Å². The number of alkyl halides is 3. The molecular weight excluding hydrogens is 357 g/mol. The van der Waals surface area contributed by atoms with Crippen LogP contribution in [0.2, 0.25) is 0 Å². The summed E-state index contributed by atoms with van der Waals surface area (Å²) in [7, 11) is 0. The Morgan fingerprint density at radius 1 is 1.19 bits per heavy atom. The Morgan fingerprint density at radius 2 is 1.93 bits per heavy atom. The zero-order chi connectivity index (χ0) is 19.6. The lowest BCUT2D eigenvalue weighted by Gasteiger charge is -2.16. The Bertz CT molecular complexity index is 878. The Hall–Kier alpha value is -2.83. The molecule has 7 heteroatoms. The molecule has 0 fully saturated rings. The maximum Gasteiger partial charge on any atom is 0.416 e. The van der Waals surface area contributed by atoms with E-state index in [9.17, 15) is 22.8 Å². The summed E-state index contributed by atoms with van der Waals surface area (Å²) in [6.45, 7) is 2.37. The van der Waals surface area contributed by atoms with E-state index >= 15 is 0 Å². The SMILES string of the molecule is CCCN1C(=O)Cc2cc(C(=O)NCc3ccccc3C(F)(F)F)ccc21. The highest BCUT2D eigenvalue weighted by molar-refractivity contribution is 6.03. The third-order valence-electron chi connectivity index (χ3n) is 4.48. The molecule has 4 nitrogen and oxygen atoms in total. The summed E-state index contributed by atoms with van der Waals surface area (Å²) in [5.41, 5.74) is 1.12. The molecule has 0 unspecified atom stereocenters. The third kappa shape index (κ3) is 3.97. The molecule has 1 heterocycles. The number of nitrogens with zero attached hydrogens (tertiary/aromatic N) is 1. The van der Waals surface area contributed by atoms with Gasteiger partial charge in [0.2, 0.25) is 5.91 Å². The minimum absolute atomic E-state index is 0.00353. The largest absolute Gasteiger partial charge is 0.416 e. The monoisotopic (exact) mass is 376 g/mol. The maximum atomic E-state index is 13.0. The van der Waals surface area contributed by atoms with Crippen molar-refractivity contribution in [3.8, 4) is 0 Å². The van der Waals surface area contributed by atoms with Gasteiger partial charge < -0.3 is 10.2 Å². The van der Waals surface area contributed by atoms with Crippen molar-refractivity contribution in [2.45, 2.75) is 32.5 Å². The van der Waals surface area contributed by atoms with Crippen LogP contribution in [0, 0.1) is 0 Å². The van der Waals surface area contributed by atoms with Crippen molar-refractivity contribution in [1.82, 2.24) is 5.32 Å². The second-order valence-corrected chi connectivity index (χ2v) is 6.40. The Labute approximate surface area is 155 Å². The van der Waals surface area contributed by atoms with Crippen molar-refractivity contribution in [3.05, 3.63) is 64.7 Å². The Kier molecular flexibility index (Phi) is 5.21. The number of benzene rings is 2. The molecule has 142 valence electrons. The van der Waals surface area contributed by atoms with Crippen LogP contribution in [0.15, 0.2) is 42.5 Å². The number of hydrogen-bond acceptors (Lipinski definition) is 2. The van der Waals surface area contributed by atoms with Gasteiger partial charge in [-0.1, -0.05) is 25.1 Å². The predicted octanol–water partition coefficient (Wildman–Crippen LogP) is 3.93. The van der Waals surface area contributed by atoms with Crippen molar-refractivity contribution < 1.29 is 22.8 Å². The van der Waals surface area contributed by atoms with Crippen LogP contribution in [0.5, 0.6) is 0 Å². The van der Waals surface area contributed by atoms with E-state index in [1.807, 2.05) is 6.92 Å². The summed E-state index contributed by atoms with van der Waals surface area (Å²) < 4.78 is 39.1. The molecule has 0 aromatic heterocycles. The van der Waals surface area contributed by atoms with E-state index in [4.69, 9.17) is 0 Å². The zero-order valence-corrected chi connectivity index (χ0v) is 14.8. The molecule has 0 saturated carbocycles. The first-order chi connectivity index (χ1) is 12.8. The van der Waals surface area contributed by atoms with E-state index < -0.39 is 17.6 Å². The summed E-state index contributed by atoms with van der Waals surface area (Å²) in [5, 5.41) is 2.53. The van der Waals surface area contributed by atoms with Crippen molar-refractivity contribution in [3.63, 3.8) is 0 Å². The van der Waals surface area contributed by atoms with Crippen LogP contribution in [-0.2, 0) is 23.9 Å². The number of rotatable bonds is 5. The van der Waals surface area contributed by atoms with Gasteiger partial charge in [0.15, 0.2) is 0 Å². The number of anilines is 1. The normalized spacial score (nSPS) is 13.6. The van der Waals surface area contributed by atoms with Gasteiger partial charge in [-0.15, -0.1) is 0 Å². The molecular formula is C20H19F3N2O2. The average Bonchev–Trinajstić information content (AvgIpc) is 2.94. The van der Waals surface area contributed by atoms with E-state index in [0.29, 0.717) is 12.1 Å². The van der Waals surface area contributed by atoms with Crippen LogP contribution in [0.25, 0.3) is 0 Å². The van der Waals surface area contributed by atoms with Gasteiger partial charge in [-0.2, -0.15) is 13.2 Å². The number of hydrogen-bond donors (Lipinski definition) is 1. The van der Waals surface area contributed by atoms with Gasteiger partial charge in [0.1, 0.15) is 0 Å². The molecule has 0 radical (unpaired) electrons. The van der Waals surface area contributed by atoms with E-state index in [1.165, 1.54) is 18.2 Å². The van der Waals surface area contributed by atoms with E-state index in [2.05, 4.69) is 5.32 Å². The molecule has 2 aromatic carbocycles. The molecule has 3 rings (SSSR count). The molecule has 2 aromatic rings. The lowest BCUT2D eigenvalue weighted by molar-refractivity contribution is -0.138. The average molecular weight is 376 g/mol. The van der Waals surface area contributed by atoms with E-state index in [-0.39, 0.29) is 24.4 Å². The number of fused-ring (bicyclic) bond motifs is 1. The lowest BCUT2D eigenvalue weighted by Crippen LogP contribution is -2.27. The van der Waals surface area contributed by atoms with Crippen LogP contribution in [0.4, 0.5) is 18.9 Å². The number of amides is 2. The molecule has 1 aliphatic heterocycles. The van der Waals surface area contributed by atoms with Gasteiger partial charge in [-0.25, -0.2) is 0 Å². The molecule has 0 aliphatic carbocycles. The zero-order valence-electron chi connectivity index (χ0n) is 14.8. The maximum absolute atomic E-state index is 13.0. The first-order valence-corrected chi connectivity index (χ1v) is 8.68. The van der Waals surface area contributed by atoms with Crippen LogP contribution < -0.4 is 10.2 Å². The topological polar surface area (TPSA) is 49.4 Å². The van der Waals surface area contributed by atoms with Crippen molar-refractivity contribution in [1.29, 1.82) is 0 Å². The standard InChI is InChI=1S/C20H19F3N2O2/c1-2-9-25-17-8-7-13(10-15(17)11-18(25)26)19(27)24-12-14-5-3-4-6-16(14)20(21,22)23/h3-8,10H,2,9,11-12H2,1H3,(H,24,27). The molecule has 2 amide bonds. The number of halogens is 3. The fourth-order valence-electron chi connectivity index (χ4n) is 3.22. The lowest BCUT2D eigenvalue weighted by atomic mass is 10.1. The molecule has 1 aliphatic rings. The highest BCUT2D eigenvalue weighted by atomic mass is 19.4.